The number of para-hydroxylation sites is 1. The number of amides is 1. The molecule has 1 N–H and O–H groups in total. The van der Waals surface area contributed by atoms with Gasteiger partial charge in [-0.05, 0) is 18.2 Å². The molecule has 1 aliphatic rings. The van der Waals surface area contributed by atoms with Gasteiger partial charge in [0.05, 0.1) is 6.61 Å². The fourth-order valence-corrected chi connectivity index (χ4v) is 2.20. The molecule has 1 aliphatic heterocycles. The third-order valence-electron chi connectivity index (χ3n) is 3.21. The van der Waals surface area contributed by atoms with E-state index >= 15 is 0 Å². The highest BCUT2D eigenvalue weighted by molar-refractivity contribution is 5.92. The Balaban J connectivity index is 1.64. The van der Waals surface area contributed by atoms with Crippen LogP contribution in [0, 0.1) is 0 Å². The van der Waals surface area contributed by atoms with E-state index in [-0.39, 0.29) is 11.8 Å². The van der Waals surface area contributed by atoms with Gasteiger partial charge in [0.1, 0.15) is 11.4 Å². The number of fused-ring (bicyclic) bond motifs is 1. The zero-order valence-electron chi connectivity index (χ0n) is 10.4. The molecular formula is C15H14N2O2. The van der Waals surface area contributed by atoms with E-state index in [4.69, 9.17) is 4.74 Å². The molecule has 96 valence electrons. The SMILES string of the molecule is O=C(NCC1COc2ccccc21)c1ccccn1. The Morgan fingerprint density at radius 3 is 2.95 bits per heavy atom. The van der Waals surface area contributed by atoms with Gasteiger partial charge in [-0.1, -0.05) is 24.3 Å². The number of nitrogens with zero attached hydrogens (tertiary/aromatic N) is 1. The lowest BCUT2D eigenvalue weighted by molar-refractivity contribution is 0.0945. The molecular weight excluding hydrogens is 240 g/mol. The maximum atomic E-state index is 11.9. The average molecular weight is 254 g/mol. The fraction of sp³-hybridized carbons (Fsp3) is 0.200. The number of hydrogen-bond donors (Lipinski definition) is 1. The molecule has 3 rings (SSSR count). The van der Waals surface area contributed by atoms with Gasteiger partial charge < -0.3 is 10.1 Å². The van der Waals surface area contributed by atoms with Gasteiger partial charge in [0, 0.05) is 24.2 Å². The van der Waals surface area contributed by atoms with Gasteiger partial charge in [-0.3, -0.25) is 9.78 Å². The highest BCUT2D eigenvalue weighted by atomic mass is 16.5. The van der Waals surface area contributed by atoms with Crippen LogP contribution < -0.4 is 10.1 Å². The summed E-state index contributed by atoms with van der Waals surface area (Å²) >= 11 is 0. The maximum absolute atomic E-state index is 11.9. The van der Waals surface area contributed by atoms with Crippen molar-refractivity contribution in [2.45, 2.75) is 5.92 Å². The van der Waals surface area contributed by atoms with Crippen molar-refractivity contribution < 1.29 is 9.53 Å². The van der Waals surface area contributed by atoms with Crippen molar-refractivity contribution in [3.8, 4) is 5.75 Å². The second-order valence-electron chi connectivity index (χ2n) is 4.47. The first-order valence-corrected chi connectivity index (χ1v) is 6.25. The summed E-state index contributed by atoms with van der Waals surface area (Å²) in [7, 11) is 0. The minimum atomic E-state index is -0.148. The van der Waals surface area contributed by atoms with Crippen molar-refractivity contribution in [1.29, 1.82) is 0 Å². The number of aromatic nitrogens is 1. The predicted molar refractivity (Wildman–Crippen MR) is 71.2 cm³/mol. The first-order chi connectivity index (χ1) is 9.34. The first-order valence-electron chi connectivity index (χ1n) is 6.25. The van der Waals surface area contributed by atoms with E-state index in [0.29, 0.717) is 18.8 Å². The first kappa shape index (κ1) is 11.7. The molecule has 1 aromatic carbocycles. The Hall–Kier alpha value is -2.36. The van der Waals surface area contributed by atoms with Crippen LogP contribution in [-0.2, 0) is 0 Å². The zero-order chi connectivity index (χ0) is 13.1. The number of rotatable bonds is 3. The highest BCUT2D eigenvalue weighted by Gasteiger charge is 2.24. The number of nitrogens with one attached hydrogen (secondary N) is 1. The molecule has 0 spiro atoms. The summed E-state index contributed by atoms with van der Waals surface area (Å²) in [5.74, 6) is 0.980. The largest absolute Gasteiger partial charge is 0.493 e. The van der Waals surface area contributed by atoms with Crippen LogP contribution in [0.4, 0.5) is 0 Å². The predicted octanol–water partition coefficient (Wildman–Crippen LogP) is 1.99. The second-order valence-corrected chi connectivity index (χ2v) is 4.47. The molecule has 0 radical (unpaired) electrons. The van der Waals surface area contributed by atoms with Crippen molar-refractivity contribution in [1.82, 2.24) is 10.3 Å². The molecule has 1 unspecified atom stereocenters. The zero-order valence-corrected chi connectivity index (χ0v) is 10.4. The minimum Gasteiger partial charge on any atom is -0.493 e. The van der Waals surface area contributed by atoms with Crippen molar-refractivity contribution >= 4 is 5.91 Å². The van der Waals surface area contributed by atoms with E-state index in [2.05, 4.69) is 10.3 Å². The average Bonchev–Trinajstić information content (AvgIpc) is 2.89. The third-order valence-corrected chi connectivity index (χ3v) is 3.21. The van der Waals surface area contributed by atoms with Gasteiger partial charge in [0.15, 0.2) is 0 Å². The van der Waals surface area contributed by atoms with Crippen LogP contribution >= 0.6 is 0 Å². The van der Waals surface area contributed by atoms with E-state index in [9.17, 15) is 4.79 Å². The third kappa shape index (κ3) is 2.42. The molecule has 0 saturated carbocycles. The van der Waals surface area contributed by atoms with Crippen molar-refractivity contribution in [2.24, 2.45) is 0 Å². The van der Waals surface area contributed by atoms with Crippen molar-refractivity contribution in [2.75, 3.05) is 13.2 Å². The topological polar surface area (TPSA) is 51.2 Å². The normalized spacial score (nSPS) is 16.5. The molecule has 4 heteroatoms. The molecule has 0 bridgehead atoms. The molecule has 1 atom stereocenters. The number of carbonyl (C=O) groups excluding carboxylic acids is 1. The van der Waals surface area contributed by atoms with Gasteiger partial charge in [-0.2, -0.15) is 0 Å². The number of pyridine rings is 1. The van der Waals surface area contributed by atoms with E-state index in [0.717, 1.165) is 11.3 Å². The summed E-state index contributed by atoms with van der Waals surface area (Å²) < 4.78 is 5.58. The van der Waals surface area contributed by atoms with Crippen molar-refractivity contribution in [3.63, 3.8) is 0 Å². The van der Waals surface area contributed by atoms with E-state index in [1.165, 1.54) is 0 Å². The van der Waals surface area contributed by atoms with Gasteiger partial charge >= 0.3 is 0 Å². The summed E-state index contributed by atoms with van der Waals surface area (Å²) in [5.41, 5.74) is 1.60. The van der Waals surface area contributed by atoms with Crippen LogP contribution in [0.15, 0.2) is 48.7 Å². The monoisotopic (exact) mass is 254 g/mol. The van der Waals surface area contributed by atoms with Crippen LogP contribution in [-0.4, -0.2) is 24.0 Å². The smallest absolute Gasteiger partial charge is 0.269 e. The molecule has 1 aromatic heterocycles. The Kier molecular flexibility index (Phi) is 3.14. The summed E-state index contributed by atoms with van der Waals surface area (Å²) in [6, 6.07) is 13.2. The fourth-order valence-electron chi connectivity index (χ4n) is 2.20. The number of hydrogen-bond acceptors (Lipinski definition) is 3. The van der Waals surface area contributed by atoms with Gasteiger partial charge in [-0.25, -0.2) is 0 Å². The summed E-state index contributed by atoms with van der Waals surface area (Å²) in [4.78, 5) is 15.9. The second kappa shape index (κ2) is 5.10. The lowest BCUT2D eigenvalue weighted by Crippen LogP contribution is -2.29. The quantitative estimate of drug-likeness (QED) is 0.911. The van der Waals surface area contributed by atoms with Crippen LogP contribution in [0.1, 0.15) is 22.0 Å². The summed E-state index contributed by atoms with van der Waals surface area (Å²) in [6.07, 6.45) is 1.61. The van der Waals surface area contributed by atoms with Crippen LogP contribution in [0.25, 0.3) is 0 Å². The minimum absolute atomic E-state index is 0.148. The van der Waals surface area contributed by atoms with Crippen LogP contribution in [0.3, 0.4) is 0 Å². The van der Waals surface area contributed by atoms with Gasteiger partial charge in [0.25, 0.3) is 5.91 Å². The molecule has 1 amide bonds. The molecule has 2 aromatic rings. The maximum Gasteiger partial charge on any atom is 0.269 e. The van der Waals surface area contributed by atoms with E-state index < -0.39 is 0 Å². The van der Waals surface area contributed by atoms with Gasteiger partial charge in [0.2, 0.25) is 0 Å². The molecule has 2 heterocycles. The highest BCUT2D eigenvalue weighted by Crippen LogP contribution is 2.32. The summed E-state index contributed by atoms with van der Waals surface area (Å²) in [6.45, 7) is 1.17. The Morgan fingerprint density at radius 1 is 1.26 bits per heavy atom. The molecule has 0 fully saturated rings. The lowest BCUT2D eigenvalue weighted by Gasteiger charge is -2.10. The van der Waals surface area contributed by atoms with Crippen LogP contribution in [0.5, 0.6) is 5.75 Å². The Labute approximate surface area is 111 Å². The Morgan fingerprint density at radius 2 is 2.11 bits per heavy atom. The number of carbonyl (C=O) groups is 1. The molecule has 4 nitrogen and oxygen atoms in total. The Bertz CT molecular complexity index is 584. The lowest BCUT2D eigenvalue weighted by atomic mass is 10.0. The molecule has 0 saturated heterocycles. The van der Waals surface area contributed by atoms with Gasteiger partial charge in [-0.15, -0.1) is 0 Å². The molecule has 0 aliphatic carbocycles. The number of ether oxygens (including phenoxy) is 1. The van der Waals surface area contributed by atoms with E-state index in [1.54, 1.807) is 24.4 Å². The van der Waals surface area contributed by atoms with E-state index in [1.807, 2.05) is 24.3 Å². The standard InChI is InChI=1S/C15H14N2O2/c18-15(13-6-3-4-8-16-13)17-9-11-10-19-14-7-2-1-5-12(11)14/h1-8,11H,9-10H2,(H,17,18). The van der Waals surface area contributed by atoms with Crippen molar-refractivity contribution in [3.05, 3.63) is 59.9 Å². The molecule has 19 heavy (non-hydrogen) atoms. The number of benzene rings is 1. The van der Waals surface area contributed by atoms with Crippen LogP contribution in [0.2, 0.25) is 0 Å². The summed E-state index contributed by atoms with van der Waals surface area (Å²) in [5, 5.41) is 2.90.